The van der Waals surface area contributed by atoms with Gasteiger partial charge in [-0.2, -0.15) is 0 Å². The molecule has 0 unspecified atom stereocenters. The summed E-state index contributed by atoms with van der Waals surface area (Å²) in [6.45, 7) is 8.85. The first-order valence-electron chi connectivity index (χ1n) is 11.2. The van der Waals surface area contributed by atoms with Crippen LogP contribution < -0.4 is 5.32 Å². The molecule has 0 spiro atoms. The number of pyridine rings is 1. The Bertz CT molecular complexity index is 708. The lowest BCUT2D eigenvalue weighted by Gasteiger charge is -2.31. The van der Waals surface area contributed by atoms with Crippen LogP contribution in [0, 0.1) is 12.8 Å². The molecule has 0 radical (unpaired) electrons. The lowest BCUT2D eigenvalue weighted by Crippen LogP contribution is -2.41. The molecule has 166 valence electrons. The maximum atomic E-state index is 12.5. The molecular formula is C23H36N4O3. The number of anilines is 1. The Balaban J connectivity index is 1.70. The van der Waals surface area contributed by atoms with Gasteiger partial charge >= 0.3 is 0 Å². The van der Waals surface area contributed by atoms with E-state index in [2.05, 4.69) is 24.1 Å². The molecule has 30 heavy (non-hydrogen) atoms. The fourth-order valence-corrected chi connectivity index (χ4v) is 3.83. The van der Waals surface area contributed by atoms with Gasteiger partial charge in [-0.05, 0) is 56.7 Å². The summed E-state index contributed by atoms with van der Waals surface area (Å²) in [7, 11) is 0. The zero-order valence-electron chi connectivity index (χ0n) is 18.7. The quantitative estimate of drug-likeness (QED) is 0.634. The second-order valence-corrected chi connectivity index (χ2v) is 8.10. The van der Waals surface area contributed by atoms with Gasteiger partial charge in [-0.25, -0.2) is 4.98 Å². The van der Waals surface area contributed by atoms with Gasteiger partial charge in [0, 0.05) is 51.1 Å². The van der Waals surface area contributed by atoms with Crippen molar-refractivity contribution in [3.8, 4) is 0 Å². The van der Waals surface area contributed by atoms with E-state index < -0.39 is 0 Å². The van der Waals surface area contributed by atoms with E-state index in [0.717, 1.165) is 31.5 Å². The summed E-state index contributed by atoms with van der Waals surface area (Å²) in [4.78, 5) is 45.2. The number of hydrogen-bond acceptors (Lipinski definition) is 4. The Kier molecular flexibility index (Phi) is 9.77. The second-order valence-electron chi connectivity index (χ2n) is 8.10. The number of aryl methyl sites for hydroxylation is 1. The van der Waals surface area contributed by atoms with Gasteiger partial charge in [0.25, 0.3) is 0 Å². The predicted octanol–water partition coefficient (Wildman–Crippen LogP) is 3.39. The molecule has 0 bridgehead atoms. The van der Waals surface area contributed by atoms with Crippen LogP contribution in [-0.4, -0.2) is 58.7 Å². The van der Waals surface area contributed by atoms with Crippen LogP contribution in [0.2, 0.25) is 0 Å². The van der Waals surface area contributed by atoms with Gasteiger partial charge < -0.3 is 15.1 Å². The third kappa shape index (κ3) is 7.43. The number of carbonyl (C=O) groups is 3. The number of rotatable bonds is 10. The molecule has 2 rings (SSSR count). The zero-order valence-corrected chi connectivity index (χ0v) is 18.7. The van der Waals surface area contributed by atoms with Crippen LogP contribution in [0.15, 0.2) is 18.3 Å². The maximum Gasteiger partial charge on any atom is 0.228 e. The summed E-state index contributed by atoms with van der Waals surface area (Å²) >= 11 is 0. The number of amides is 3. The lowest BCUT2D eigenvalue weighted by atomic mass is 9.95. The first-order valence-corrected chi connectivity index (χ1v) is 11.2. The van der Waals surface area contributed by atoms with Crippen molar-refractivity contribution in [3.05, 3.63) is 23.9 Å². The van der Waals surface area contributed by atoms with E-state index in [1.165, 1.54) is 0 Å². The summed E-state index contributed by atoms with van der Waals surface area (Å²) in [6.07, 6.45) is 6.30. The Hall–Kier alpha value is -2.44. The first-order chi connectivity index (χ1) is 14.4. The number of carbonyl (C=O) groups excluding carboxylic acids is 3. The Morgan fingerprint density at radius 2 is 1.80 bits per heavy atom. The lowest BCUT2D eigenvalue weighted by molar-refractivity contribution is -0.135. The van der Waals surface area contributed by atoms with Crippen LogP contribution >= 0.6 is 0 Å². The fraction of sp³-hybridized carbons (Fsp3) is 0.652. The van der Waals surface area contributed by atoms with Gasteiger partial charge in [0.2, 0.25) is 17.7 Å². The van der Waals surface area contributed by atoms with Gasteiger partial charge in [0.05, 0.1) is 0 Å². The fourth-order valence-electron chi connectivity index (χ4n) is 3.83. The smallest absolute Gasteiger partial charge is 0.228 e. The van der Waals surface area contributed by atoms with Crippen molar-refractivity contribution in [2.45, 2.75) is 65.7 Å². The molecule has 1 aromatic rings. The molecule has 1 saturated heterocycles. The van der Waals surface area contributed by atoms with Gasteiger partial charge in [-0.15, -0.1) is 0 Å². The summed E-state index contributed by atoms with van der Waals surface area (Å²) in [5.41, 5.74) is 1.05. The topological polar surface area (TPSA) is 82.6 Å². The van der Waals surface area contributed by atoms with E-state index in [1.54, 1.807) is 6.20 Å². The number of piperidine rings is 1. The minimum Gasteiger partial charge on any atom is -0.343 e. The van der Waals surface area contributed by atoms with Crippen molar-refractivity contribution in [2.75, 3.05) is 31.5 Å². The number of likely N-dealkylation sites (tertiary alicyclic amines) is 1. The van der Waals surface area contributed by atoms with Gasteiger partial charge in [-0.1, -0.05) is 13.8 Å². The summed E-state index contributed by atoms with van der Waals surface area (Å²) in [5.74, 6) is 0.668. The number of nitrogens with one attached hydrogen (secondary N) is 1. The predicted molar refractivity (Wildman–Crippen MR) is 118 cm³/mol. The molecule has 2 heterocycles. The van der Waals surface area contributed by atoms with Crippen molar-refractivity contribution < 1.29 is 14.4 Å². The Morgan fingerprint density at radius 1 is 1.13 bits per heavy atom. The number of nitrogens with zero attached hydrogens (tertiary/aromatic N) is 3. The number of hydrogen-bond donors (Lipinski definition) is 1. The molecule has 1 aliphatic heterocycles. The van der Waals surface area contributed by atoms with Crippen LogP contribution in [0.3, 0.4) is 0 Å². The normalized spacial score (nSPS) is 14.4. The average molecular weight is 417 g/mol. The van der Waals surface area contributed by atoms with Crippen molar-refractivity contribution >= 4 is 23.5 Å². The number of aromatic nitrogens is 1. The SMILES string of the molecule is CCCN(CCC)C(=O)CCCC(=O)N1CCC(C(=O)Nc2cc(C)ccn2)CC1. The Morgan fingerprint density at radius 3 is 2.40 bits per heavy atom. The van der Waals surface area contributed by atoms with Crippen LogP contribution in [-0.2, 0) is 14.4 Å². The van der Waals surface area contributed by atoms with Crippen molar-refractivity contribution in [1.29, 1.82) is 0 Å². The average Bonchev–Trinajstić information content (AvgIpc) is 2.73. The van der Waals surface area contributed by atoms with Gasteiger partial charge in [0.15, 0.2) is 0 Å². The van der Waals surface area contributed by atoms with E-state index in [-0.39, 0.29) is 23.6 Å². The molecule has 0 aliphatic carbocycles. The minimum absolute atomic E-state index is 0.0299. The van der Waals surface area contributed by atoms with Crippen LogP contribution in [0.25, 0.3) is 0 Å². The highest BCUT2D eigenvalue weighted by atomic mass is 16.2. The molecule has 0 saturated carbocycles. The first kappa shape index (κ1) is 23.8. The third-order valence-electron chi connectivity index (χ3n) is 5.51. The maximum absolute atomic E-state index is 12.5. The van der Waals surface area contributed by atoms with E-state index in [9.17, 15) is 14.4 Å². The van der Waals surface area contributed by atoms with Gasteiger partial charge in [-0.3, -0.25) is 14.4 Å². The zero-order chi connectivity index (χ0) is 21.9. The highest BCUT2D eigenvalue weighted by molar-refractivity contribution is 5.92. The van der Waals surface area contributed by atoms with Crippen LogP contribution in [0.1, 0.15) is 64.4 Å². The molecule has 0 atom stereocenters. The van der Waals surface area contributed by atoms with E-state index in [0.29, 0.717) is 51.0 Å². The third-order valence-corrected chi connectivity index (χ3v) is 5.51. The monoisotopic (exact) mass is 416 g/mol. The van der Waals surface area contributed by atoms with Crippen LogP contribution in [0.5, 0.6) is 0 Å². The Labute approximate surface area is 180 Å². The van der Waals surface area contributed by atoms with Crippen LogP contribution in [0.4, 0.5) is 5.82 Å². The molecule has 1 N–H and O–H groups in total. The highest BCUT2D eigenvalue weighted by Crippen LogP contribution is 2.20. The largest absolute Gasteiger partial charge is 0.343 e. The molecule has 0 aromatic carbocycles. The molecule has 7 heteroatoms. The summed E-state index contributed by atoms with van der Waals surface area (Å²) < 4.78 is 0. The molecule has 3 amide bonds. The molecule has 7 nitrogen and oxygen atoms in total. The molecule has 1 aliphatic rings. The van der Waals surface area contributed by atoms with Crippen molar-refractivity contribution in [2.24, 2.45) is 5.92 Å². The van der Waals surface area contributed by atoms with Crippen molar-refractivity contribution in [3.63, 3.8) is 0 Å². The summed E-state index contributed by atoms with van der Waals surface area (Å²) in [6, 6.07) is 3.73. The molecular weight excluding hydrogens is 380 g/mol. The highest BCUT2D eigenvalue weighted by Gasteiger charge is 2.27. The second kappa shape index (κ2) is 12.3. The molecule has 1 fully saturated rings. The summed E-state index contributed by atoms with van der Waals surface area (Å²) in [5, 5.41) is 2.88. The van der Waals surface area contributed by atoms with E-state index >= 15 is 0 Å². The minimum atomic E-state index is -0.102. The standard InChI is InChI=1S/C23H36N4O3/c1-4-13-26(14-5-2)21(28)7-6-8-22(29)27-15-10-19(11-16-27)23(30)25-20-17-18(3)9-12-24-20/h9,12,17,19H,4-8,10-11,13-16H2,1-3H3,(H,24,25,30). The van der Waals surface area contributed by atoms with E-state index in [1.807, 2.05) is 28.9 Å². The van der Waals surface area contributed by atoms with E-state index in [4.69, 9.17) is 0 Å². The molecule has 1 aromatic heterocycles. The van der Waals surface area contributed by atoms with Gasteiger partial charge in [0.1, 0.15) is 5.82 Å². The van der Waals surface area contributed by atoms with Crippen molar-refractivity contribution in [1.82, 2.24) is 14.8 Å².